The van der Waals surface area contributed by atoms with E-state index in [4.69, 9.17) is 0 Å². The lowest BCUT2D eigenvalue weighted by Gasteiger charge is -2.20. The first-order chi connectivity index (χ1) is 9.93. The van der Waals surface area contributed by atoms with Crippen LogP contribution in [0.1, 0.15) is 38.7 Å². The second-order valence-corrected chi connectivity index (χ2v) is 5.98. The van der Waals surface area contributed by atoms with Gasteiger partial charge >= 0.3 is 0 Å². The summed E-state index contributed by atoms with van der Waals surface area (Å²) in [7, 11) is 0. The van der Waals surface area contributed by atoms with Gasteiger partial charge in [-0.15, -0.1) is 0 Å². The average molecular weight is 355 g/mol. The van der Waals surface area contributed by atoms with Crippen molar-refractivity contribution in [1.82, 2.24) is 4.90 Å². The van der Waals surface area contributed by atoms with Gasteiger partial charge in [0, 0.05) is 36.6 Å². The maximum atomic E-state index is 11.9. The van der Waals surface area contributed by atoms with E-state index in [9.17, 15) is 9.59 Å². The van der Waals surface area contributed by atoms with Crippen molar-refractivity contribution in [3.63, 3.8) is 0 Å². The van der Waals surface area contributed by atoms with E-state index in [0.29, 0.717) is 13.0 Å². The molecule has 0 unspecified atom stereocenters. The predicted molar refractivity (Wildman–Crippen MR) is 89.3 cm³/mol. The summed E-state index contributed by atoms with van der Waals surface area (Å²) in [5.74, 6) is -0.0461. The summed E-state index contributed by atoms with van der Waals surface area (Å²) in [4.78, 5) is 25.2. The van der Waals surface area contributed by atoms with E-state index in [2.05, 4.69) is 28.2 Å². The van der Waals surface area contributed by atoms with E-state index < -0.39 is 0 Å². The lowest BCUT2D eigenvalue weighted by Crippen LogP contribution is -2.32. The summed E-state index contributed by atoms with van der Waals surface area (Å²) in [6, 6.07) is 5.69. The van der Waals surface area contributed by atoms with Crippen LogP contribution in [0.4, 0.5) is 5.69 Å². The van der Waals surface area contributed by atoms with Crippen molar-refractivity contribution in [2.45, 2.75) is 40.0 Å². The predicted octanol–water partition coefficient (Wildman–Crippen LogP) is 3.73. The van der Waals surface area contributed by atoms with E-state index in [-0.39, 0.29) is 11.8 Å². The molecule has 116 valence electrons. The molecule has 0 radical (unpaired) electrons. The average Bonchev–Trinajstić information content (AvgIpc) is 2.42. The molecule has 0 fully saturated rings. The Hall–Kier alpha value is -1.36. The molecule has 1 N–H and O–H groups in total. The minimum atomic E-state index is -0.0699. The largest absolute Gasteiger partial charge is 0.342 e. The molecule has 2 amide bonds. The van der Waals surface area contributed by atoms with Crippen LogP contribution in [0.15, 0.2) is 22.7 Å². The lowest BCUT2D eigenvalue weighted by atomic mass is 10.2. The van der Waals surface area contributed by atoms with Crippen LogP contribution in [-0.2, 0) is 9.59 Å². The van der Waals surface area contributed by atoms with Crippen molar-refractivity contribution in [3.8, 4) is 0 Å². The number of amides is 2. The van der Waals surface area contributed by atoms with Crippen LogP contribution in [0.25, 0.3) is 0 Å². The molecule has 0 spiro atoms. The fourth-order valence-electron chi connectivity index (χ4n) is 1.96. The molecule has 0 heterocycles. The minimum absolute atomic E-state index is 0.0238. The van der Waals surface area contributed by atoms with Crippen molar-refractivity contribution < 1.29 is 9.59 Å². The van der Waals surface area contributed by atoms with Crippen molar-refractivity contribution >= 4 is 33.4 Å². The summed E-state index contributed by atoms with van der Waals surface area (Å²) in [6.45, 7) is 6.79. The number of nitrogens with zero attached hydrogens (tertiary/aromatic N) is 1. The van der Waals surface area contributed by atoms with E-state index in [1.165, 1.54) is 0 Å². The molecule has 1 rings (SSSR count). The molecule has 0 aliphatic rings. The number of anilines is 1. The van der Waals surface area contributed by atoms with Gasteiger partial charge in [0.2, 0.25) is 11.8 Å². The normalized spacial score (nSPS) is 10.3. The SMILES string of the molecule is CCCCN(CCC(=O)Nc1ccc(Br)c(C)c1)C(C)=O. The molecular formula is C16H23BrN2O2. The van der Waals surface area contributed by atoms with Crippen LogP contribution in [0.5, 0.6) is 0 Å². The molecule has 0 saturated carbocycles. The number of hydrogen-bond acceptors (Lipinski definition) is 2. The highest BCUT2D eigenvalue weighted by molar-refractivity contribution is 9.10. The number of aryl methyl sites for hydroxylation is 1. The smallest absolute Gasteiger partial charge is 0.226 e. The summed E-state index contributed by atoms with van der Waals surface area (Å²) in [5.41, 5.74) is 1.85. The second-order valence-electron chi connectivity index (χ2n) is 5.12. The summed E-state index contributed by atoms with van der Waals surface area (Å²) in [6.07, 6.45) is 2.32. The zero-order valence-corrected chi connectivity index (χ0v) is 14.5. The highest BCUT2D eigenvalue weighted by Crippen LogP contribution is 2.20. The number of unbranched alkanes of at least 4 members (excludes halogenated alkanes) is 1. The first-order valence-corrected chi connectivity index (χ1v) is 8.04. The standard InChI is InChI=1S/C16H23BrN2O2/c1-4-5-9-19(13(3)20)10-8-16(21)18-14-6-7-15(17)12(2)11-14/h6-7,11H,4-5,8-10H2,1-3H3,(H,18,21). The third-order valence-corrected chi connectivity index (χ3v) is 4.17. The van der Waals surface area contributed by atoms with Gasteiger partial charge < -0.3 is 10.2 Å². The second kappa shape index (κ2) is 8.82. The fraction of sp³-hybridized carbons (Fsp3) is 0.500. The molecular weight excluding hydrogens is 332 g/mol. The Labute approximate surface area is 135 Å². The first-order valence-electron chi connectivity index (χ1n) is 7.25. The zero-order chi connectivity index (χ0) is 15.8. The number of carbonyl (C=O) groups excluding carboxylic acids is 2. The molecule has 0 aromatic heterocycles. The zero-order valence-electron chi connectivity index (χ0n) is 12.9. The van der Waals surface area contributed by atoms with Gasteiger partial charge in [0.25, 0.3) is 0 Å². The van der Waals surface area contributed by atoms with Crippen LogP contribution in [-0.4, -0.2) is 29.8 Å². The van der Waals surface area contributed by atoms with Crippen LogP contribution < -0.4 is 5.32 Å². The third kappa shape index (κ3) is 6.29. The Morgan fingerprint density at radius 1 is 1.29 bits per heavy atom. The van der Waals surface area contributed by atoms with Gasteiger partial charge in [0.1, 0.15) is 0 Å². The van der Waals surface area contributed by atoms with E-state index in [1.54, 1.807) is 11.8 Å². The van der Waals surface area contributed by atoms with Crippen LogP contribution in [0.3, 0.4) is 0 Å². The van der Waals surface area contributed by atoms with Crippen LogP contribution in [0.2, 0.25) is 0 Å². The minimum Gasteiger partial charge on any atom is -0.342 e. The van der Waals surface area contributed by atoms with E-state index in [0.717, 1.165) is 35.1 Å². The monoisotopic (exact) mass is 354 g/mol. The molecule has 5 heteroatoms. The molecule has 0 aliphatic carbocycles. The Morgan fingerprint density at radius 3 is 2.57 bits per heavy atom. The Balaban J connectivity index is 2.48. The molecule has 0 atom stereocenters. The summed E-state index contributed by atoms with van der Waals surface area (Å²) < 4.78 is 1.02. The van der Waals surface area contributed by atoms with E-state index >= 15 is 0 Å². The highest BCUT2D eigenvalue weighted by Gasteiger charge is 2.11. The molecule has 21 heavy (non-hydrogen) atoms. The van der Waals surface area contributed by atoms with E-state index in [1.807, 2.05) is 25.1 Å². The van der Waals surface area contributed by atoms with Gasteiger partial charge in [0.05, 0.1) is 0 Å². The molecule has 1 aromatic carbocycles. The van der Waals surface area contributed by atoms with Gasteiger partial charge in [-0.05, 0) is 37.1 Å². The first kappa shape index (κ1) is 17.7. The number of rotatable bonds is 7. The molecule has 1 aromatic rings. The number of hydrogen-bond donors (Lipinski definition) is 1. The van der Waals surface area contributed by atoms with Gasteiger partial charge in [-0.3, -0.25) is 9.59 Å². The molecule has 0 bridgehead atoms. The maximum absolute atomic E-state index is 11.9. The van der Waals surface area contributed by atoms with Gasteiger partial charge in [0.15, 0.2) is 0 Å². The summed E-state index contributed by atoms with van der Waals surface area (Å²) in [5, 5.41) is 2.86. The number of halogens is 1. The van der Waals surface area contributed by atoms with Crippen molar-refractivity contribution in [2.24, 2.45) is 0 Å². The Bertz CT molecular complexity index is 503. The molecule has 0 saturated heterocycles. The van der Waals surface area contributed by atoms with Crippen LogP contribution in [0, 0.1) is 6.92 Å². The van der Waals surface area contributed by atoms with Crippen molar-refractivity contribution in [2.75, 3.05) is 18.4 Å². The van der Waals surface area contributed by atoms with Crippen LogP contribution >= 0.6 is 15.9 Å². The maximum Gasteiger partial charge on any atom is 0.226 e. The summed E-state index contributed by atoms with van der Waals surface area (Å²) >= 11 is 3.43. The highest BCUT2D eigenvalue weighted by atomic mass is 79.9. The van der Waals surface area contributed by atoms with Crippen molar-refractivity contribution in [1.29, 1.82) is 0 Å². The Morgan fingerprint density at radius 2 is 2.00 bits per heavy atom. The van der Waals surface area contributed by atoms with Gasteiger partial charge in [-0.2, -0.15) is 0 Å². The molecule has 4 nitrogen and oxygen atoms in total. The van der Waals surface area contributed by atoms with Crippen molar-refractivity contribution in [3.05, 3.63) is 28.2 Å². The van der Waals surface area contributed by atoms with Gasteiger partial charge in [-0.1, -0.05) is 29.3 Å². The fourth-order valence-corrected chi connectivity index (χ4v) is 2.20. The topological polar surface area (TPSA) is 49.4 Å². The number of carbonyl (C=O) groups is 2. The number of benzene rings is 1. The lowest BCUT2D eigenvalue weighted by molar-refractivity contribution is -0.129. The Kier molecular flexibility index (Phi) is 7.43. The third-order valence-electron chi connectivity index (χ3n) is 3.28. The van der Waals surface area contributed by atoms with Gasteiger partial charge in [-0.25, -0.2) is 0 Å². The quantitative estimate of drug-likeness (QED) is 0.810. The molecule has 0 aliphatic heterocycles. The number of nitrogens with one attached hydrogen (secondary N) is 1.